The second-order valence-electron chi connectivity index (χ2n) is 4.14. The van der Waals surface area contributed by atoms with Gasteiger partial charge in [-0.2, -0.15) is 4.52 Å². The summed E-state index contributed by atoms with van der Waals surface area (Å²) in [6, 6.07) is 0. The van der Waals surface area contributed by atoms with E-state index in [9.17, 15) is 0 Å². The molecule has 0 aliphatic carbocycles. The Kier molecular flexibility index (Phi) is 1.83. The third-order valence-corrected chi connectivity index (χ3v) is 1.58. The van der Waals surface area contributed by atoms with Crippen LogP contribution in [0, 0.1) is 0 Å². The first-order valence-electron chi connectivity index (χ1n) is 4.36. The highest BCUT2D eigenvalue weighted by Gasteiger charge is 2.10. The van der Waals surface area contributed by atoms with Crippen LogP contribution in [0.4, 0.5) is 5.69 Å². The Bertz CT molecular complexity index is 440. The second-order valence-corrected chi connectivity index (χ2v) is 4.14. The predicted octanol–water partition coefficient (Wildman–Crippen LogP) is 0.730. The zero-order chi connectivity index (χ0) is 10.2. The number of tetrazole rings is 1. The number of nitrogens with one attached hydrogen (secondary N) is 1. The van der Waals surface area contributed by atoms with E-state index in [2.05, 4.69) is 46.6 Å². The number of rotatable bonds is 1. The lowest BCUT2D eigenvalue weighted by Crippen LogP contribution is -2.26. The van der Waals surface area contributed by atoms with Crippen LogP contribution in [-0.4, -0.2) is 30.6 Å². The van der Waals surface area contributed by atoms with Gasteiger partial charge in [-0.3, -0.25) is 0 Å². The van der Waals surface area contributed by atoms with Crippen LogP contribution < -0.4 is 5.32 Å². The molecule has 0 fully saturated rings. The van der Waals surface area contributed by atoms with Crippen LogP contribution >= 0.6 is 0 Å². The summed E-state index contributed by atoms with van der Waals surface area (Å²) in [5.41, 5.74) is 0.904. The van der Waals surface area contributed by atoms with Crippen molar-refractivity contribution in [2.24, 2.45) is 0 Å². The molecule has 6 heteroatoms. The molecule has 2 aromatic heterocycles. The van der Waals surface area contributed by atoms with Crippen LogP contribution in [0.3, 0.4) is 0 Å². The van der Waals surface area contributed by atoms with Crippen molar-refractivity contribution >= 4 is 11.5 Å². The lowest BCUT2D eigenvalue weighted by molar-refractivity contribution is 0.632. The topological polar surface area (TPSA) is 68.0 Å². The molecule has 0 saturated carbocycles. The average Bonchev–Trinajstić information content (AvgIpc) is 2.47. The maximum absolute atomic E-state index is 4.09. The van der Waals surface area contributed by atoms with Crippen molar-refractivity contribution < 1.29 is 0 Å². The Labute approximate surface area is 81.3 Å². The maximum Gasteiger partial charge on any atom is 0.273 e. The molecule has 0 aliphatic heterocycles. The lowest BCUT2D eigenvalue weighted by atomic mass is 10.1. The summed E-state index contributed by atoms with van der Waals surface area (Å²) in [4.78, 5) is 4.09. The van der Waals surface area contributed by atoms with E-state index in [0.717, 1.165) is 5.69 Å². The minimum Gasteiger partial charge on any atom is -0.378 e. The van der Waals surface area contributed by atoms with Crippen molar-refractivity contribution in [3.63, 3.8) is 0 Å². The van der Waals surface area contributed by atoms with E-state index in [1.54, 1.807) is 6.20 Å². The number of hydrogen-bond acceptors (Lipinski definition) is 5. The van der Waals surface area contributed by atoms with Crippen molar-refractivity contribution in [2.45, 2.75) is 26.3 Å². The van der Waals surface area contributed by atoms with Gasteiger partial charge < -0.3 is 5.32 Å². The van der Waals surface area contributed by atoms with Gasteiger partial charge >= 0.3 is 0 Å². The number of aromatic nitrogens is 5. The quantitative estimate of drug-likeness (QED) is 0.721. The molecule has 0 aromatic carbocycles. The molecule has 0 bridgehead atoms. The highest BCUT2D eigenvalue weighted by atomic mass is 15.5. The van der Waals surface area contributed by atoms with Crippen LogP contribution in [0.25, 0.3) is 5.78 Å². The van der Waals surface area contributed by atoms with Gasteiger partial charge in [0.15, 0.2) is 0 Å². The van der Waals surface area contributed by atoms with E-state index in [1.807, 2.05) is 6.20 Å². The van der Waals surface area contributed by atoms with Crippen LogP contribution in [0.15, 0.2) is 12.4 Å². The maximum atomic E-state index is 4.09. The van der Waals surface area contributed by atoms with Gasteiger partial charge in [0, 0.05) is 5.54 Å². The van der Waals surface area contributed by atoms with E-state index >= 15 is 0 Å². The molecule has 1 N–H and O–H groups in total. The summed E-state index contributed by atoms with van der Waals surface area (Å²) < 4.78 is 1.54. The number of anilines is 1. The van der Waals surface area contributed by atoms with Gasteiger partial charge in [0.2, 0.25) is 0 Å². The summed E-state index contributed by atoms with van der Waals surface area (Å²) in [6.45, 7) is 6.24. The van der Waals surface area contributed by atoms with Crippen LogP contribution in [0.2, 0.25) is 0 Å². The predicted molar refractivity (Wildman–Crippen MR) is 52.0 cm³/mol. The molecule has 2 aromatic rings. The zero-order valence-corrected chi connectivity index (χ0v) is 8.39. The number of nitrogens with zero attached hydrogens (tertiary/aromatic N) is 5. The molecule has 0 saturated heterocycles. The van der Waals surface area contributed by atoms with Gasteiger partial charge in [-0.15, -0.1) is 0 Å². The molecule has 0 spiro atoms. The molecule has 0 unspecified atom stereocenters. The summed E-state index contributed by atoms with van der Waals surface area (Å²) in [5, 5.41) is 14.3. The van der Waals surface area contributed by atoms with Crippen LogP contribution in [0.5, 0.6) is 0 Å². The van der Waals surface area contributed by atoms with Crippen molar-refractivity contribution in [3.8, 4) is 0 Å². The number of hydrogen-bond donors (Lipinski definition) is 1. The molecule has 0 atom stereocenters. The van der Waals surface area contributed by atoms with Gasteiger partial charge in [-0.05, 0) is 31.2 Å². The van der Waals surface area contributed by atoms with Crippen molar-refractivity contribution in [1.82, 2.24) is 25.0 Å². The van der Waals surface area contributed by atoms with Crippen LogP contribution in [-0.2, 0) is 0 Å². The van der Waals surface area contributed by atoms with E-state index < -0.39 is 0 Å². The minimum absolute atomic E-state index is 0.00334. The van der Waals surface area contributed by atoms with Crippen molar-refractivity contribution in [1.29, 1.82) is 0 Å². The van der Waals surface area contributed by atoms with Gasteiger partial charge in [0.1, 0.15) is 0 Å². The fraction of sp³-hybridized carbons (Fsp3) is 0.500. The second kappa shape index (κ2) is 2.90. The van der Waals surface area contributed by atoms with E-state index in [1.165, 1.54) is 4.52 Å². The van der Waals surface area contributed by atoms with Crippen molar-refractivity contribution in [2.75, 3.05) is 5.32 Å². The Balaban J connectivity index is 2.35. The third-order valence-electron chi connectivity index (χ3n) is 1.58. The molecule has 0 radical (unpaired) electrons. The van der Waals surface area contributed by atoms with Gasteiger partial charge in [-0.25, -0.2) is 4.98 Å². The Hall–Kier alpha value is -1.72. The molecule has 74 valence electrons. The molecule has 0 amide bonds. The first-order valence-corrected chi connectivity index (χ1v) is 4.36. The molecular weight excluding hydrogens is 180 g/mol. The normalized spacial score (nSPS) is 11.9. The SMILES string of the molecule is CC(C)(C)Nc1cnc2nnnn2c1. The molecule has 14 heavy (non-hydrogen) atoms. The van der Waals surface area contributed by atoms with Crippen LogP contribution in [0.1, 0.15) is 20.8 Å². The highest BCUT2D eigenvalue weighted by molar-refractivity contribution is 5.43. The fourth-order valence-corrected chi connectivity index (χ4v) is 1.15. The first-order chi connectivity index (χ1) is 6.54. The molecule has 2 heterocycles. The molecule has 0 aliphatic rings. The largest absolute Gasteiger partial charge is 0.378 e. The first kappa shape index (κ1) is 8.86. The highest BCUT2D eigenvalue weighted by Crippen LogP contribution is 2.12. The third kappa shape index (κ3) is 1.78. The summed E-state index contributed by atoms with van der Waals surface area (Å²) >= 11 is 0. The lowest BCUT2D eigenvalue weighted by Gasteiger charge is -2.21. The van der Waals surface area contributed by atoms with Gasteiger partial charge in [0.25, 0.3) is 5.78 Å². The van der Waals surface area contributed by atoms with E-state index in [4.69, 9.17) is 0 Å². The molecule has 6 nitrogen and oxygen atoms in total. The Morgan fingerprint density at radius 3 is 2.86 bits per heavy atom. The van der Waals surface area contributed by atoms with Gasteiger partial charge in [0.05, 0.1) is 18.1 Å². The summed E-state index contributed by atoms with van der Waals surface area (Å²) in [7, 11) is 0. The van der Waals surface area contributed by atoms with E-state index in [-0.39, 0.29) is 5.54 Å². The van der Waals surface area contributed by atoms with E-state index in [0.29, 0.717) is 5.78 Å². The minimum atomic E-state index is 0.00334. The average molecular weight is 192 g/mol. The zero-order valence-electron chi connectivity index (χ0n) is 8.39. The fourth-order valence-electron chi connectivity index (χ4n) is 1.15. The Morgan fingerprint density at radius 1 is 1.36 bits per heavy atom. The van der Waals surface area contributed by atoms with Gasteiger partial charge in [-0.1, -0.05) is 5.10 Å². The molecule has 2 rings (SSSR count). The number of fused-ring (bicyclic) bond motifs is 1. The smallest absolute Gasteiger partial charge is 0.273 e. The Morgan fingerprint density at radius 2 is 2.14 bits per heavy atom. The summed E-state index contributed by atoms with van der Waals surface area (Å²) in [5.74, 6) is 0.504. The van der Waals surface area contributed by atoms with Crippen molar-refractivity contribution in [3.05, 3.63) is 12.4 Å². The standard InChI is InChI=1S/C8H12N6/c1-8(2,3)10-6-4-9-7-11-12-13-14(7)5-6/h4-5,10H,1-3H3. The summed E-state index contributed by atoms with van der Waals surface area (Å²) in [6.07, 6.45) is 3.53. The molecular formula is C8H12N6. The monoisotopic (exact) mass is 192 g/mol.